The molecule has 0 saturated carbocycles. The number of hydrogen-bond acceptors (Lipinski definition) is 8. The minimum Gasteiger partial charge on any atom is -0.438 e. The van der Waals surface area contributed by atoms with E-state index in [-0.39, 0.29) is 19.8 Å². The highest BCUT2D eigenvalue weighted by Gasteiger charge is 2.18. The molecule has 0 radical (unpaired) electrons. The molecule has 8 nitrogen and oxygen atoms in total. The van der Waals surface area contributed by atoms with Gasteiger partial charge in [-0.25, -0.2) is 9.59 Å². The van der Waals surface area contributed by atoms with E-state index in [0.717, 1.165) is 12.8 Å². The minimum atomic E-state index is -0.841. The quantitative estimate of drug-likeness (QED) is 0.0693. The van der Waals surface area contributed by atoms with Crippen molar-refractivity contribution in [1.82, 2.24) is 0 Å². The molecule has 1 rings (SSSR count). The van der Waals surface area contributed by atoms with E-state index >= 15 is 0 Å². The second-order valence-electron chi connectivity index (χ2n) is 9.75. The number of carbonyl (C=O) groups is 2. The predicted octanol–water partition coefficient (Wildman–Crippen LogP) is 7.62. The van der Waals surface area contributed by atoms with Crippen molar-refractivity contribution < 1.29 is 37.8 Å². The number of thiazole rings is 1. The molecule has 0 amide bonds. The molecular weight excluding hydrogens is 506 g/mol. The number of methoxy groups -OCH3 is 1. The van der Waals surface area contributed by atoms with Crippen molar-refractivity contribution in [3.63, 3.8) is 0 Å². The van der Waals surface area contributed by atoms with Gasteiger partial charge < -0.3 is 23.7 Å². The van der Waals surface area contributed by atoms with Crippen LogP contribution in [0.4, 0.5) is 9.59 Å². The van der Waals surface area contributed by atoms with Gasteiger partial charge in [0.1, 0.15) is 6.61 Å². The van der Waals surface area contributed by atoms with Crippen LogP contribution in [0.2, 0.25) is 0 Å². The molecule has 0 bridgehead atoms. The SMILES string of the molecule is CCCCCCCCCCCCCCCCCCOC[C@H](COC(=O)OCC[n+]1ccsc1)OC(=O)OC. The smallest absolute Gasteiger partial charge is 0.438 e. The summed E-state index contributed by atoms with van der Waals surface area (Å²) in [6.07, 6.45) is 20.6. The number of ether oxygens (including phenoxy) is 5. The van der Waals surface area contributed by atoms with Crippen LogP contribution in [0.25, 0.3) is 0 Å². The van der Waals surface area contributed by atoms with Crippen LogP contribution < -0.4 is 4.57 Å². The lowest BCUT2D eigenvalue weighted by Gasteiger charge is -2.17. The van der Waals surface area contributed by atoms with E-state index < -0.39 is 18.4 Å². The van der Waals surface area contributed by atoms with Gasteiger partial charge in [-0.05, 0) is 6.42 Å². The average Bonchev–Trinajstić information content (AvgIpc) is 3.44. The summed E-state index contributed by atoms with van der Waals surface area (Å²) in [5.41, 5.74) is 1.92. The second-order valence-corrected chi connectivity index (χ2v) is 10.5. The first-order valence-electron chi connectivity index (χ1n) is 14.7. The predicted molar refractivity (Wildman–Crippen MR) is 149 cm³/mol. The number of nitrogens with zero attached hydrogens (tertiary/aromatic N) is 1. The molecule has 0 fully saturated rings. The summed E-state index contributed by atoms with van der Waals surface area (Å²) in [5.74, 6) is 0. The van der Waals surface area contributed by atoms with E-state index in [2.05, 4.69) is 11.7 Å². The van der Waals surface area contributed by atoms with E-state index in [1.54, 1.807) is 11.3 Å². The Morgan fingerprint density at radius 3 is 1.84 bits per heavy atom. The highest BCUT2D eigenvalue weighted by Crippen LogP contribution is 2.13. The zero-order chi connectivity index (χ0) is 27.5. The summed E-state index contributed by atoms with van der Waals surface area (Å²) >= 11 is 1.56. The molecule has 0 aliphatic heterocycles. The Kier molecular flexibility index (Phi) is 22.8. The Bertz CT molecular complexity index is 672. The molecule has 9 heteroatoms. The average molecular weight is 559 g/mol. The lowest BCUT2D eigenvalue weighted by atomic mass is 10.0. The van der Waals surface area contributed by atoms with Crippen molar-refractivity contribution in [3.05, 3.63) is 17.1 Å². The highest BCUT2D eigenvalue weighted by atomic mass is 32.1. The normalized spacial score (nSPS) is 11.7. The van der Waals surface area contributed by atoms with Gasteiger partial charge in [0.25, 0.3) is 0 Å². The van der Waals surface area contributed by atoms with E-state index in [0.29, 0.717) is 13.2 Å². The van der Waals surface area contributed by atoms with Gasteiger partial charge in [-0.3, -0.25) is 0 Å². The summed E-state index contributed by atoms with van der Waals surface area (Å²) in [4.78, 5) is 23.3. The van der Waals surface area contributed by atoms with Crippen molar-refractivity contribution in [2.75, 3.05) is 33.5 Å². The molecule has 220 valence electrons. The van der Waals surface area contributed by atoms with E-state index in [1.165, 1.54) is 97.0 Å². The molecule has 0 unspecified atom stereocenters. The summed E-state index contributed by atoms with van der Waals surface area (Å²) in [6.45, 7) is 3.56. The van der Waals surface area contributed by atoms with E-state index in [9.17, 15) is 9.59 Å². The molecule has 0 aromatic carbocycles. The van der Waals surface area contributed by atoms with Crippen LogP contribution in [-0.4, -0.2) is 52.0 Å². The third-order valence-corrected chi connectivity index (χ3v) is 7.03. The minimum absolute atomic E-state index is 0.131. The summed E-state index contributed by atoms with van der Waals surface area (Å²) in [5, 5.41) is 1.94. The van der Waals surface area contributed by atoms with Crippen LogP contribution in [0.15, 0.2) is 17.1 Å². The molecule has 0 aliphatic carbocycles. The molecule has 38 heavy (non-hydrogen) atoms. The van der Waals surface area contributed by atoms with Gasteiger partial charge in [0.15, 0.2) is 25.5 Å². The zero-order valence-corrected chi connectivity index (χ0v) is 24.7. The molecular formula is C29H52NO7S+. The van der Waals surface area contributed by atoms with Crippen molar-refractivity contribution in [1.29, 1.82) is 0 Å². The first-order valence-corrected chi connectivity index (χ1v) is 15.6. The molecule has 1 heterocycles. The summed E-state index contributed by atoms with van der Waals surface area (Å²) < 4.78 is 27.4. The molecule has 0 saturated heterocycles. The first kappa shape index (κ1) is 34.2. The van der Waals surface area contributed by atoms with Crippen LogP contribution in [0.5, 0.6) is 0 Å². The third-order valence-electron chi connectivity index (χ3n) is 6.36. The maximum Gasteiger partial charge on any atom is 0.508 e. The Morgan fingerprint density at radius 2 is 1.32 bits per heavy atom. The van der Waals surface area contributed by atoms with Crippen LogP contribution >= 0.6 is 11.3 Å². The molecule has 1 atom stereocenters. The third kappa shape index (κ3) is 21.1. The van der Waals surface area contributed by atoms with Gasteiger partial charge in [-0.1, -0.05) is 115 Å². The lowest BCUT2D eigenvalue weighted by Crippen LogP contribution is -2.34. The fourth-order valence-electron chi connectivity index (χ4n) is 4.09. The second kappa shape index (κ2) is 25.4. The lowest BCUT2D eigenvalue weighted by molar-refractivity contribution is -0.693. The molecule has 1 aromatic rings. The standard InChI is InChI=1S/C29H52NO7S/c1-3-4-5-6-7-8-9-10-11-12-13-14-15-16-17-18-21-34-24-27(37-28(31)33-2)25-36-29(32)35-22-19-30-20-23-38-26-30/h20,23,26-27H,3-19,21-22,24-25H2,1-2H3/q+1/t27-/m1/s1. The number of rotatable bonds is 25. The monoisotopic (exact) mass is 558 g/mol. The van der Waals surface area contributed by atoms with Crippen molar-refractivity contribution in [2.45, 2.75) is 122 Å². The Morgan fingerprint density at radius 1 is 0.737 bits per heavy atom. The largest absolute Gasteiger partial charge is 0.508 e. The van der Waals surface area contributed by atoms with E-state index in [1.807, 2.05) is 21.7 Å². The molecule has 0 spiro atoms. The van der Waals surface area contributed by atoms with Gasteiger partial charge >= 0.3 is 12.3 Å². The van der Waals surface area contributed by atoms with Crippen molar-refractivity contribution in [3.8, 4) is 0 Å². The van der Waals surface area contributed by atoms with Gasteiger partial charge in [0.05, 0.1) is 19.1 Å². The first-order chi connectivity index (χ1) is 18.7. The van der Waals surface area contributed by atoms with Gasteiger partial charge in [-0.15, -0.1) is 0 Å². The van der Waals surface area contributed by atoms with Crippen LogP contribution in [0.1, 0.15) is 110 Å². The number of hydrogen-bond donors (Lipinski definition) is 0. The number of carbonyl (C=O) groups excluding carboxylic acids is 2. The Balaban J connectivity index is 1.96. The molecule has 1 aromatic heterocycles. The van der Waals surface area contributed by atoms with Gasteiger partial charge in [0, 0.05) is 6.61 Å². The highest BCUT2D eigenvalue weighted by molar-refractivity contribution is 7.07. The number of aromatic nitrogens is 1. The van der Waals surface area contributed by atoms with Crippen molar-refractivity contribution >= 4 is 23.6 Å². The summed E-state index contributed by atoms with van der Waals surface area (Å²) in [6, 6.07) is 0. The van der Waals surface area contributed by atoms with Crippen molar-refractivity contribution in [2.24, 2.45) is 0 Å². The maximum absolute atomic E-state index is 11.8. The number of unbranched alkanes of at least 4 members (excludes halogenated alkanes) is 15. The van der Waals surface area contributed by atoms with E-state index in [4.69, 9.17) is 18.9 Å². The fraction of sp³-hybridized carbons (Fsp3) is 0.828. The fourth-order valence-corrected chi connectivity index (χ4v) is 4.72. The molecule has 0 aliphatic rings. The van der Waals surface area contributed by atoms with Gasteiger partial charge in [0.2, 0.25) is 5.51 Å². The maximum atomic E-state index is 11.8. The Labute approximate surface area is 234 Å². The topological polar surface area (TPSA) is 84.2 Å². The van der Waals surface area contributed by atoms with Gasteiger partial charge in [-0.2, -0.15) is 4.57 Å². The summed E-state index contributed by atoms with van der Waals surface area (Å²) in [7, 11) is 1.23. The molecule has 0 N–H and O–H groups in total. The Hall–Kier alpha value is -1.87. The van der Waals surface area contributed by atoms with Crippen LogP contribution in [0, 0.1) is 0 Å². The van der Waals surface area contributed by atoms with Crippen LogP contribution in [-0.2, 0) is 30.2 Å². The zero-order valence-electron chi connectivity index (χ0n) is 23.9. The van der Waals surface area contributed by atoms with Crippen LogP contribution in [0.3, 0.4) is 0 Å².